The van der Waals surface area contributed by atoms with Gasteiger partial charge in [0.05, 0.1) is 0 Å². The Kier molecular flexibility index (Phi) is 2.61. The van der Waals surface area contributed by atoms with Gasteiger partial charge in [0.2, 0.25) is 0 Å². The molecule has 2 heteroatoms. The summed E-state index contributed by atoms with van der Waals surface area (Å²) in [5.41, 5.74) is 6.59. The SMILES string of the molecule is CC(C)(C)N1C[C@H]2CCC[C@@H](C1)C2N. The van der Waals surface area contributed by atoms with Gasteiger partial charge in [-0.25, -0.2) is 0 Å². The zero-order valence-electron chi connectivity index (χ0n) is 9.79. The minimum absolute atomic E-state index is 0.327. The molecule has 1 unspecified atom stereocenters. The number of fused-ring (bicyclic) bond motifs is 2. The van der Waals surface area contributed by atoms with Crippen LogP contribution in [-0.4, -0.2) is 29.6 Å². The van der Waals surface area contributed by atoms with Gasteiger partial charge in [-0.3, -0.25) is 4.90 Å². The Balaban J connectivity index is 2.08. The van der Waals surface area contributed by atoms with E-state index in [0.717, 1.165) is 11.8 Å². The predicted molar refractivity (Wildman–Crippen MR) is 60.1 cm³/mol. The third-order valence-corrected chi connectivity index (χ3v) is 4.10. The van der Waals surface area contributed by atoms with Crippen LogP contribution in [0.1, 0.15) is 40.0 Å². The van der Waals surface area contributed by atoms with E-state index in [1.54, 1.807) is 0 Å². The first kappa shape index (κ1) is 10.4. The molecule has 0 aromatic carbocycles. The van der Waals surface area contributed by atoms with E-state index in [0.29, 0.717) is 11.6 Å². The normalized spacial score (nSPS) is 39.9. The van der Waals surface area contributed by atoms with Crippen molar-refractivity contribution in [1.82, 2.24) is 4.90 Å². The fourth-order valence-corrected chi connectivity index (χ4v) is 3.03. The highest BCUT2D eigenvalue weighted by molar-refractivity contribution is 4.95. The summed E-state index contributed by atoms with van der Waals surface area (Å²) in [6.45, 7) is 9.40. The standard InChI is InChI=1S/C12H24N2/c1-12(2,3)14-7-9-5-4-6-10(8-14)11(9)13/h9-11H,4-8,13H2,1-3H3/t9-,10+,11?. The maximum atomic E-state index is 6.26. The number of piperidine rings is 1. The van der Waals surface area contributed by atoms with Gasteiger partial charge in [-0.1, -0.05) is 6.42 Å². The molecule has 0 amide bonds. The van der Waals surface area contributed by atoms with Gasteiger partial charge in [0, 0.05) is 24.7 Å². The molecule has 2 N–H and O–H groups in total. The Morgan fingerprint density at radius 3 is 2.00 bits per heavy atom. The molecule has 2 aliphatic rings. The summed E-state index contributed by atoms with van der Waals surface area (Å²) in [5.74, 6) is 1.53. The number of rotatable bonds is 0. The molecule has 2 bridgehead atoms. The van der Waals surface area contributed by atoms with Crippen LogP contribution in [0.4, 0.5) is 0 Å². The molecule has 14 heavy (non-hydrogen) atoms. The Morgan fingerprint density at radius 2 is 1.57 bits per heavy atom. The Morgan fingerprint density at radius 1 is 1.07 bits per heavy atom. The van der Waals surface area contributed by atoms with E-state index in [1.807, 2.05) is 0 Å². The van der Waals surface area contributed by atoms with E-state index in [2.05, 4.69) is 25.7 Å². The first-order valence-corrected chi connectivity index (χ1v) is 5.99. The lowest BCUT2D eigenvalue weighted by Crippen LogP contribution is -2.59. The monoisotopic (exact) mass is 196 g/mol. The molecule has 2 fully saturated rings. The lowest BCUT2D eigenvalue weighted by atomic mass is 9.73. The van der Waals surface area contributed by atoms with Gasteiger partial charge in [0.15, 0.2) is 0 Å². The molecule has 0 spiro atoms. The van der Waals surface area contributed by atoms with Crippen molar-refractivity contribution in [1.29, 1.82) is 0 Å². The van der Waals surface area contributed by atoms with Gasteiger partial charge >= 0.3 is 0 Å². The number of nitrogens with zero attached hydrogens (tertiary/aromatic N) is 1. The molecule has 2 nitrogen and oxygen atoms in total. The van der Waals surface area contributed by atoms with Gasteiger partial charge in [-0.2, -0.15) is 0 Å². The summed E-state index contributed by atoms with van der Waals surface area (Å²) in [6, 6.07) is 0.488. The smallest absolute Gasteiger partial charge is 0.0125 e. The predicted octanol–water partition coefficient (Wildman–Crippen LogP) is 1.84. The highest BCUT2D eigenvalue weighted by Gasteiger charge is 2.40. The summed E-state index contributed by atoms with van der Waals surface area (Å²) in [7, 11) is 0. The van der Waals surface area contributed by atoms with Crippen molar-refractivity contribution in [2.45, 2.75) is 51.6 Å². The van der Waals surface area contributed by atoms with Crippen LogP contribution in [0, 0.1) is 11.8 Å². The lowest BCUT2D eigenvalue weighted by molar-refractivity contribution is 0.00864. The van der Waals surface area contributed by atoms with E-state index >= 15 is 0 Å². The van der Waals surface area contributed by atoms with Crippen LogP contribution in [0.3, 0.4) is 0 Å². The largest absolute Gasteiger partial charge is 0.327 e. The van der Waals surface area contributed by atoms with Crippen LogP contribution in [0.15, 0.2) is 0 Å². The van der Waals surface area contributed by atoms with Gasteiger partial charge in [0.25, 0.3) is 0 Å². The first-order valence-electron chi connectivity index (χ1n) is 5.99. The molecule has 3 atom stereocenters. The van der Waals surface area contributed by atoms with Crippen molar-refractivity contribution < 1.29 is 0 Å². The minimum Gasteiger partial charge on any atom is -0.327 e. The van der Waals surface area contributed by atoms with Gasteiger partial charge in [-0.05, 0) is 45.4 Å². The molecule has 0 aromatic rings. The summed E-state index contributed by atoms with van der Waals surface area (Å²) in [6.07, 6.45) is 4.11. The number of hydrogen-bond acceptors (Lipinski definition) is 2. The van der Waals surface area contributed by atoms with Crippen LogP contribution in [0.2, 0.25) is 0 Å². The van der Waals surface area contributed by atoms with Gasteiger partial charge in [0.1, 0.15) is 0 Å². The first-order chi connectivity index (χ1) is 6.48. The van der Waals surface area contributed by atoms with Crippen LogP contribution in [0.25, 0.3) is 0 Å². The summed E-state index contributed by atoms with van der Waals surface area (Å²) in [5, 5.41) is 0. The summed E-state index contributed by atoms with van der Waals surface area (Å²) >= 11 is 0. The average molecular weight is 196 g/mol. The fraction of sp³-hybridized carbons (Fsp3) is 1.00. The molecule has 1 aliphatic carbocycles. The third-order valence-electron chi connectivity index (χ3n) is 4.10. The topological polar surface area (TPSA) is 29.3 Å². The van der Waals surface area contributed by atoms with Crippen LogP contribution >= 0.6 is 0 Å². The molecular formula is C12H24N2. The Hall–Kier alpha value is -0.0800. The molecule has 2 rings (SSSR count). The molecule has 1 aliphatic heterocycles. The molecule has 0 radical (unpaired) electrons. The van der Waals surface area contributed by atoms with Crippen molar-refractivity contribution in [3.63, 3.8) is 0 Å². The Bertz CT molecular complexity index is 193. The molecule has 1 saturated heterocycles. The van der Waals surface area contributed by atoms with Crippen molar-refractivity contribution in [2.75, 3.05) is 13.1 Å². The molecule has 0 aromatic heterocycles. The maximum Gasteiger partial charge on any atom is 0.0125 e. The quantitative estimate of drug-likeness (QED) is 0.640. The molecule has 1 heterocycles. The van der Waals surface area contributed by atoms with Crippen molar-refractivity contribution in [3.8, 4) is 0 Å². The second kappa shape index (κ2) is 3.49. The second-order valence-electron chi connectivity index (χ2n) is 6.10. The van der Waals surface area contributed by atoms with Crippen LogP contribution in [0.5, 0.6) is 0 Å². The Labute approximate surface area is 87.8 Å². The number of hydrogen-bond donors (Lipinski definition) is 1. The van der Waals surface area contributed by atoms with Gasteiger partial charge in [-0.15, -0.1) is 0 Å². The summed E-state index contributed by atoms with van der Waals surface area (Å²) in [4.78, 5) is 2.63. The maximum absolute atomic E-state index is 6.26. The van der Waals surface area contributed by atoms with Gasteiger partial charge < -0.3 is 5.73 Å². The van der Waals surface area contributed by atoms with E-state index < -0.39 is 0 Å². The second-order valence-corrected chi connectivity index (χ2v) is 6.10. The van der Waals surface area contributed by atoms with E-state index in [4.69, 9.17) is 5.73 Å². The molecule has 1 saturated carbocycles. The van der Waals surface area contributed by atoms with E-state index in [9.17, 15) is 0 Å². The minimum atomic E-state index is 0.327. The highest BCUT2D eigenvalue weighted by atomic mass is 15.2. The van der Waals surface area contributed by atoms with Crippen molar-refractivity contribution >= 4 is 0 Å². The van der Waals surface area contributed by atoms with E-state index in [-0.39, 0.29) is 0 Å². The zero-order valence-corrected chi connectivity index (χ0v) is 9.79. The van der Waals surface area contributed by atoms with Crippen LogP contribution < -0.4 is 5.73 Å². The molecular weight excluding hydrogens is 172 g/mol. The fourth-order valence-electron chi connectivity index (χ4n) is 3.03. The third kappa shape index (κ3) is 1.82. The zero-order chi connectivity index (χ0) is 10.3. The summed E-state index contributed by atoms with van der Waals surface area (Å²) < 4.78 is 0. The lowest BCUT2D eigenvalue weighted by Gasteiger charge is -2.50. The van der Waals surface area contributed by atoms with Crippen molar-refractivity contribution in [3.05, 3.63) is 0 Å². The average Bonchev–Trinajstić information content (AvgIpc) is 2.00. The van der Waals surface area contributed by atoms with E-state index in [1.165, 1.54) is 32.4 Å². The number of nitrogens with two attached hydrogens (primary N) is 1. The van der Waals surface area contributed by atoms with Crippen LogP contribution in [-0.2, 0) is 0 Å². The molecule has 82 valence electrons. The van der Waals surface area contributed by atoms with Crippen molar-refractivity contribution in [2.24, 2.45) is 17.6 Å². The highest BCUT2D eigenvalue weighted by Crippen LogP contribution is 2.36. The number of likely N-dealkylation sites (tertiary alicyclic amines) is 1.